The summed E-state index contributed by atoms with van der Waals surface area (Å²) in [5, 5.41) is 3.58. The van der Waals surface area contributed by atoms with E-state index in [1.54, 1.807) is 0 Å². The summed E-state index contributed by atoms with van der Waals surface area (Å²) in [6.45, 7) is 5.16. The van der Waals surface area contributed by atoms with E-state index in [9.17, 15) is 0 Å². The molecule has 2 aliphatic heterocycles. The first-order chi connectivity index (χ1) is 16.3. The van der Waals surface area contributed by atoms with Gasteiger partial charge in [-0.2, -0.15) is 4.98 Å². The maximum absolute atomic E-state index is 6.00. The van der Waals surface area contributed by atoms with Gasteiger partial charge in [0.15, 0.2) is 0 Å². The fourth-order valence-electron chi connectivity index (χ4n) is 4.76. The van der Waals surface area contributed by atoms with Crippen molar-refractivity contribution >= 4 is 11.8 Å². The number of benzene rings is 2. The number of likely N-dealkylation sites (tertiary alicyclic amines) is 1. The molecule has 2 aliphatic rings. The Bertz CT molecular complexity index is 1020. The van der Waals surface area contributed by atoms with Crippen LogP contribution in [0.5, 0.6) is 11.5 Å². The van der Waals surface area contributed by atoms with Gasteiger partial charge < -0.3 is 15.0 Å². The van der Waals surface area contributed by atoms with E-state index < -0.39 is 0 Å². The zero-order valence-corrected chi connectivity index (χ0v) is 19.2. The number of nitrogens with one attached hydrogen (secondary N) is 1. The third kappa shape index (κ3) is 6.02. The van der Waals surface area contributed by atoms with Crippen LogP contribution in [0, 0.1) is 0 Å². The Morgan fingerprint density at radius 2 is 1.70 bits per heavy atom. The van der Waals surface area contributed by atoms with Crippen LogP contribution in [-0.2, 0) is 6.54 Å². The van der Waals surface area contributed by atoms with Gasteiger partial charge in [-0.1, -0.05) is 43.2 Å². The van der Waals surface area contributed by atoms with Crippen molar-refractivity contribution < 1.29 is 4.74 Å². The van der Waals surface area contributed by atoms with E-state index in [1.165, 1.54) is 31.2 Å². The molecule has 6 nitrogen and oxygen atoms in total. The molecule has 1 aromatic heterocycles. The summed E-state index contributed by atoms with van der Waals surface area (Å²) in [6.07, 6.45) is 8.14. The van der Waals surface area contributed by atoms with Crippen molar-refractivity contribution in [1.29, 1.82) is 0 Å². The molecule has 2 fully saturated rings. The van der Waals surface area contributed by atoms with Crippen molar-refractivity contribution in [1.82, 2.24) is 14.9 Å². The molecule has 1 N–H and O–H groups in total. The number of ether oxygens (including phenoxy) is 1. The highest BCUT2D eigenvalue weighted by molar-refractivity contribution is 5.43. The van der Waals surface area contributed by atoms with Crippen LogP contribution in [-0.4, -0.2) is 47.1 Å². The summed E-state index contributed by atoms with van der Waals surface area (Å²) in [4.78, 5) is 14.2. The Labute approximate surface area is 196 Å². The lowest BCUT2D eigenvalue weighted by molar-refractivity contribution is 0.328. The van der Waals surface area contributed by atoms with Crippen LogP contribution in [0.4, 0.5) is 11.8 Å². The average Bonchev–Trinajstić information content (AvgIpc) is 3.09. The van der Waals surface area contributed by atoms with E-state index in [4.69, 9.17) is 9.72 Å². The molecule has 2 saturated heterocycles. The number of aromatic nitrogens is 2. The molecule has 1 unspecified atom stereocenters. The van der Waals surface area contributed by atoms with Gasteiger partial charge in [-0.15, -0.1) is 0 Å². The smallest absolute Gasteiger partial charge is 0.224 e. The van der Waals surface area contributed by atoms with Gasteiger partial charge in [-0.05, 0) is 55.2 Å². The molecule has 0 amide bonds. The van der Waals surface area contributed by atoms with Gasteiger partial charge in [0, 0.05) is 45.0 Å². The third-order valence-electron chi connectivity index (χ3n) is 6.46. The molecule has 2 aromatic carbocycles. The van der Waals surface area contributed by atoms with Gasteiger partial charge in [-0.3, -0.25) is 4.90 Å². The van der Waals surface area contributed by atoms with Crippen LogP contribution in [0.1, 0.15) is 37.7 Å². The molecule has 1 atom stereocenters. The Morgan fingerprint density at radius 3 is 2.55 bits per heavy atom. The lowest BCUT2D eigenvalue weighted by Crippen LogP contribution is -2.28. The monoisotopic (exact) mass is 443 g/mol. The second-order valence-corrected chi connectivity index (χ2v) is 9.07. The first kappa shape index (κ1) is 21.7. The maximum Gasteiger partial charge on any atom is 0.224 e. The van der Waals surface area contributed by atoms with Crippen LogP contribution in [0.2, 0.25) is 0 Å². The number of anilines is 2. The number of hydrogen-bond donors (Lipinski definition) is 1. The highest BCUT2D eigenvalue weighted by Crippen LogP contribution is 2.24. The first-order valence-electron chi connectivity index (χ1n) is 12.2. The van der Waals surface area contributed by atoms with Gasteiger partial charge in [-0.25, -0.2) is 4.98 Å². The van der Waals surface area contributed by atoms with Crippen molar-refractivity contribution in [3.63, 3.8) is 0 Å². The molecular weight excluding hydrogens is 410 g/mol. The van der Waals surface area contributed by atoms with Gasteiger partial charge >= 0.3 is 0 Å². The van der Waals surface area contributed by atoms with Crippen LogP contribution in [0.15, 0.2) is 66.9 Å². The standard InChI is InChI=1S/C27H33N5O/c1-2-7-17-32(16-6-1)26-13-15-28-27(30-26)29-23-14-18-31(21-23)20-22-9-8-12-25(19-22)33-24-10-4-3-5-11-24/h3-5,8-13,15,19,23H,1-2,6-7,14,16-18,20-21H2,(H,28,29,30). The van der Waals surface area contributed by atoms with E-state index >= 15 is 0 Å². The minimum atomic E-state index is 0.369. The van der Waals surface area contributed by atoms with Crippen molar-refractivity contribution in [2.24, 2.45) is 0 Å². The molecule has 3 aromatic rings. The molecule has 0 spiro atoms. The molecule has 172 valence electrons. The normalized spacial score (nSPS) is 19.3. The predicted octanol–water partition coefficient (Wildman–Crippen LogP) is 5.34. The van der Waals surface area contributed by atoms with Crippen molar-refractivity contribution in [2.45, 2.75) is 44.7 Å². The number of rotatable bonds is 7. The number of para-hydroxylation sites is 1. The number of nitrogens with zero attached hydrogens (tertiary/aromatic N) is 4. The van der Waals surface area contributed by atoms with Crippen LogP contribution < -0.4 is 15.0 Å². The largest absolute Gasteiger partial charge is 0.457 e. The van der Waals surface area contributed by atoms with E-state index in [0.717, 1.165) is 62.4 Å². The van der Waals surface area contributed by atoms with E-state index in [2.05, 4.69) is 38.3 Å². The summed E-state index contributed by atoms with van der Waals surface area (Å²) in [7, 11) is 0. The number of hydrogen-bond acceptors (Lipinski definition) is 6. The summed E-state index contributed by atoms with van der Waals surface area (Å²) in [5.74, 6) is 3.55. The second-order valence-electron chi connectivity index (χ2n) is 9.07. The van der Waals surface area contributed by atoms with Crippen molar-refractivity contribution in [3.05, 3.63) is 72.4 Å². The molecule has 5 rings (SSSR count). The molecule has 0 radical (unpaired) electrons. The van der Waals surface area contributed by atoms with Gasteiger partial charge in [0.1, 0.15) is 17.3 Å². The minimum absolute atomic E-state index is 0.369. The summed E-state index contributed by atoms with van der Waals surface area (Å²) < 4.78 is 6.00. The Morgan fingerprint density at radius 1 is 0.879 bits per heavy atom. The third-order valence-corrected chi connectivity index (χ3v) is 6.46. The van der Waals surface area contributed by atoms with Gasteiger partial charge in [0.2, 0.25) is 5.95 Å². The molecule has 0 saturated carbocycles. The predicted molar refractivity (Wildman–Crippen MR) is 133 cm³/mol. The fraction of sp³-hybridized carbons (Fsp3) is 0.407. The second kappa shape index (κ2) is 10.7. The van der Waals surface area contributed by atoms with Gasteiger partial charge in [0.05, 0.1) is 0 Å². The van der Waals surface area contributed by atoms with Crippen molar-refractivity contribution in [3.8, 4) is 11.5 Å². The molecule has 3 heterocycles. The Hall–Kier alpha value is -3.12. The van der Waals surface area contributed by atoms with Gasteiger partial charge in [0.25, 0.3) is 0 Å². The highest BCUT2D eigenvalue weighted by atomic mass is 16.5. The topological polar surface area (TPSA) is 53.5 Å². The highest BCUT2D eigenvalue weighted by Gasteiger charge is 2.23. The van der Waals surface area contributed by atoms with E-state index in [1.807, 2.05) is 48.7 Å². The Kier molecular flexibility index (Phi) is 7.02. The lowest BCUT2D eigenvalue weighted by Gasteiger charge is -2.22. The molecule has 33 heavy (non-hydrogen) atoms. The maximum atomic E-state index is 6.00. The summed E-state index contributed by atoms with van der Waals surface area (Å²) in [5.41, 5.74) is 1.27. The molecule has 6 heteroatoms. The lowest BCUT2D eigenvalue weighted by atomic mass is 10.2. The minimum Gasteiger partial charge on any atom is -0.457 e. The zero-order chi connectivity index (χ0) is 22.3. The fourth-order valence-corrected chi connectivity index (χ4v) is 4.76. The van der Waals surface area contributed by atoms with Crippen LogP contribution in [0.25, 0.3) is 0 Å². The van der Waals surface area contributed by atoms with E-state index in [0.29, 0.717) is 6.04 Å². The van der Waals surface area contributed by atoms with Crippen LogP contribution in [0.3, 0.4) is 0 Å². The SMILES string of the molecule is c1ccc(Oc2cccc(CN3CCC(Nc4nccc(N5CCCCCC5)n4)C3)c2)cc1. The van der Waals surface area contributed by atoms with Crippen LogP contribution >= 0.6 is 0 Å². The molecular formula is C27H33N5O. The first-order valence-corrected chi connectivity index (χ1v) is 12.2. The quantitative estimate of drug-likeness (QED) is 0.532. The Balaban J connectivity index is 1.15. The summed E-state index contributed by atoms with van der Waals surface area (Å²) >= 11 is 0. The molecule has 0 bridgehead atoms. The zero-order valence-electron chi connectivity index (χ0n) is 19.2. The van der Waals surface area contributed by atoms with E-state index in [-0.39, 0.29) is 0 Å². The summed E-state index contributed by atoms with van der Waals surface area (Å²) in [6, 6.07) is 20.7. The average molecular weight is 444 g/mol. The van der Waals surface area contributed by atoms with Crippen molar-refractivity contribution in [2.75, 3.05) is 36.4 Å². The molecule has 0 aliphatic carbocycles.